The first-order valence-electron chi connectivity index (χ1n) is 9.61. The van der Waals surface area contributed by atoms with E-state index < -0.39 is 11.2 Å². The Kier molecular flexibility index (Phi) is 3.70. The average Bonchev–Trinajstić information content (AvgIpc) is 2.74. The summed E-state index contributed by atoms with van der Waals surface area (Å²) in [6.45, 7) is 4.19. The van der Waals surface area contributed by atoms with E-state index in [2.05, 4.69) is 74.5 Å². The Bertz CT molecular complexity index is 993. The monoisotopic (exact) mass is 366 g/mol. The lowest BCUT2D eigenvalue weighted by Gasteiger charge is -2.35. The highest BCUT2D eigenvalue weighted by Gasteiger charge is 2.33. The van der Waals surface area contributed by atoms with Crippen molar-refractivity contribution in [2.24, 2.45) is 0 Å². The van der Waals surface area contributed by atoms with Crippen molar-refractivity contribution >= 4 is 12.2 Å². The number of rotatable bonds is 2. The molecule has 5 rings (SSSR count). The van der Waals surface area contributed by atoms with E-state index in [4.69, 9.17) is 9.47 Å². The van der Waals surface area contributed by atoms with Crippen LogP contribution < -0.4 is 9.47 Å². The molecule has 2 heterocycles. The highest BCUT2D eigenvalue weighted by atomic mass is 16.5. The third-order valence-corrected chi connectivity index (χ3v) is 5.64. The van der Waals surface area contributed by atoms with Crippen LogP contribution in [0.2, 0.25) is 0 Å². The van der Waals surface area contributed by atoms with Crippen molar-refractivity contribution in [1.82, 2.24) is 0 Å². The highest BCUT2D eigenvalue weighted by Crippen LogP contribution is 2.44. The second-order valence-electron chi connectivity index (χ2n) is 7.74. The minimum absolute atomic E-state index is 0.472. The van der Waals surface area contributed by atoms with Gasteiger partial charge in [-0.25, -0.2) is 0 Å². The maximum atomic E-state index is 6.43. The summed E-state index contributed by atoms with van der Waals surface area (Å²) < 4.78 is 12.9. The average molecular weight is 366 g/mol. The molecule has 0 aromatic heterocycles. The molecule has 0 N–H and O–H groups in total. The Labute approximate surface area is 165 Å². The van der Waals surface area contributed by atoms with Crippen LogP contribution in [0.5, 0.6) is 11.5 Å². The van der Waals surface area contributed by atoms with Crippen LogP contribution in [0.1, 0.15) is 36.1 Å². The second kappa shape index (κ2) is 6.13. The van der Waals surface area contributed by atoms with E-state index in [1.54, 1.807) is 0 Å². The molecule has 0 saturated carbocycles. The predicted molar refractivity (Wildman–Crippen MR) is 113 cm³/mol. The molecule has 0 saturated heterocycles. The van der Waals surface area contributed by atoms with Gasteiger partial charge in [-0.1, -0.05) is 72.8 Å². The molecule has 2 heteroatoms. The minimum Gasteiger partial charge on any atom is -0.478 e. The van der Waals surface area contributed by atoms with E-state index in [0.29, 0.717) is 0 Å². The van der Waals surface area contributed by atoms with E-state index in [1.165, 1.54) is 0 Å². The van der Waals surface area contributed by atoms with Gasteiger partial charge in [0.2, 0.25) is 0 Å². The molecule has 2 aliphatic heterocycles. The lowest BCUT2D eigenvalue weighted by Crippen LogP contribution is -2.30. The van der Waals surface area contributed by atoms with Gasteiger partial charge in [0, 0.05) is 11.1 Å². The van der Waals surface area contributed by atoms with Crippen molar-refractivity contribution in [3.8, 4) is 11.5 Å². The molecule has 138 valence electrons. The Morgan fingerprint density at radius 2 is 0.964 bits per heavy atom. The van der Waals surface area contributed by atoms with E-state index in [1.807, 2.05) is 36.4 Å². The van der Waals surface area contributed by atoms with Crippen molar-refractivity contribution in [1.29, 1.82) is 0 Å². The van der Waals surface area contributed by atoms with Gasteiger partial charge >= 0.3 is 0 Å². The minimum atomic E-state index is -0.472. The predicted octanol–water partition coefficient (Wildman–Crippen LogP) is 6.33. The zero-order valence-electron chi connectivity index (χ0n) is 16.1. The number of benzene rings is 3. The third-order valence-electron chi connectivity index (χ3n) is 5.64. The quantitative estimate of drug-likeness (QED) is 0.528. The summed E-state index contributed by atoms with van der Waals surface area (Å²) in [6, 6.07) is 24.8. The molecule has 0 fully saturated rings. The molecule has 3 aromatic carbocycles. The molecule has 0 aliphatic carbocycles. The van der Waals surface area contributed by atoms with Crippen LogP contribution in [0.25, 0.3) is 12.2 Å². The Morgan fingerprint density at radius 3 is 1.36 bits per heavy atom. The standard InChI is InChI=1S/C26H22O2/c1-25(21-9-5-3-6-10-21)15-13-19-18-24-20(17-23(19)27-25)14-16-26(2,28-24)22-11-7-4-8-12-22/h3-18H,1-2H3. The van der Waals surface area contributed by atoms with Gasteiger partial charge in [0.1, 0.15) is 22.7 Å². The van der Waals surface area contributed by atoms with Crippen molar-refractivity contribution < 1.29 is 9.47 Å². The van der Waals surface area contributed by atoms with Gasteiger partial charge in [0.15, 0.2) is 0 Å². The highest BCUT2D eigenvalue weighted by molar-refractivity contribution is 5.71. The van der Waals surface area contributed by atoms with Gasteiger partial charge in [0.05, 0.1) is 0 Å². The molecule has 2 nitrogen and oxygen atoms in total. The normalized spacial score (nSPS) is 24.6. The topological polar surface area (TPSA) is 18.5 Å². The van der Waals surface area contributed by atoms with Crippen molar-refractivity contribution in [2.45, 2.75) is 25.0 Å². The van der Waals surface area contributed by atoms with Gasteiger partial charge in [-0.05, 0) is 49.3 Å². The number of fused-ring (bicyclic) bond motifs is 2. The molecule has 2 atom stereocenters. The second-order valence-corrected chi connectivity index (χ2v) is 7.74. The third kappa shape index (κ3) is 2.73. The molecular weight excluding hydrogens is 344 g/mol. The van der Waals surface area contributed by atoms with E-state index in [9.17, 15) is 0 Å². The summed E-state index contributed by atoms with van der Waals surface area (Å²) in [5.41, 5.74) is 3.41. The van der Waals surface area contributed by atoms with Gasteiger partial charge < -0.3 is 9.47 Å². The van der Waals surface area contributed by atoms with E-state index in [-0.39, 0.29) is 0 Å². The van der Waals surface area contributed by atoms with Gasteiger partial charge in [-0.15, -0.1) is 0 Å². The van der Waals surface area contributed by atoms with Crippen LogP contribution in [-0.2, 0) is 11.2 Å². The maximum Gasteiger partial charge on any atom is 0.150 e. The molecular formula is C26H22O2. The van der Waals surface area contributed by atoms with Crippen molar-refractivity contribution in [3.05, 3.63) is 107 Å². The summed E-state index contributed by atoms with van der Waals surface area (Å²) in [7, 11) is 0. The van der Waals surface area contributed by atoms with Gasteiger partial charge in [-0.2, -0.15) is 0 Å². The van der Waals surface area contributed by atoms with E-state index in [0.717, 1.165) is 33.8 Å². The lowest BCUT2D eigenvalue weighted by atomic mass is 9.90. The Balaban J connectivity index is 1.51. The summed E-state index contributed by atoms with van der Waals surface area (Å²) in [4.78, 5) is 0. The summed E-state index contributed by atoms with van der Waals surface area (Å²) in [6.07, 6.45) is 8.50. The van der Waals surface area contributed by atoms with Crippen LogP contribution in [0.4, 0.5) is 0 Å². The molecule has 3 aromatic rings. The van der Waals surface area contributed by atoms with Crippen LogP contribution >= 0.6 is 0 Å². The first-order valence-corrected chi connectivity index (χ1v) is 9.61. The van der Waals surface area contributed by atoms with Crippen molar-refractivity contribution in [2.75, 3.05) is 0 Å². The molecule has 0 bridgehead atoms. The summed E-state index contributed by atoms with van der Waals surface area (Å²) in [5, 5.41) is 0. The fourth-order valence-electron chi connectivity index (χ4n) is 3.90. The first kappa shape index (κ1) is 16.9. The van der Waals surface area contributed by atoms with Crippen LogP contribution in [0.15, 0.2) is 84.9 Å². The van der Waals surface area contributed by atoms with Gasteiger partial charge in [0.25, 0.3) is 0 Å². The van der Waals surface area contributed by atoms with Crippen LogP contribution in [0, 0.1) is 0 Å². The maximum absolute atomic E-state index is 6.43. The van der Waals surface area contributed by atoms with Crippen molar-refractivity contribution in [3.63, 3.8) is 0 Å². The van der Waals surface area contributed by atoms with Crippen LogP contribution in [0.3, 0.4) is 0 Å². The number of hydrogen-bond donors (Lipinski definition) is 0. The molecule has 0 amide bonds. The summed E-state index contributed by atoms with van der Waals surface area (Å²) >= 11 is 0. The Morgan fingerprint density at radius 1 is 0.571 bits per heavy atom. The fraction of sp³-hybridized carbons (Fsp3) is 0.154. The first-order chi connectivity index (χ1) is 13.6. The molecule has 2 aliphatic rings. The largest absolute Gasteiger partial charge is 0.478 e. The summed E-state index contributed by atoms with van der Waals surface area (Å²) in [5.74, 6) is 1.76. The molecule has 0 spiro atoms. The SMILES string of the molecule is CC1(c2ccccc2)C=Cc2cc3c(cc2O1)C=CC(C)(c1ccccc1)O3. The molecule has 2 unspecified atom stereocenters. The smallest absolute Gasteiger partial charge is 0.150 e. The number of hydrogen-bond acceptors (Lipinski definition) is 2. The number of ether oxygens (including phenoxy) is 2. The van der Waals surface area contributed by atoms with E-state index >= 15 is 0 Å². The molecule has 28 heavy (non-hydrogen) atoms. The zero-order chi connectivity index (χ0) is 19.2. The molecule has 0 radical (unpaired) electrons. The van der Waals surface area contributed by atoms with Gasteiger partial charge in [-0.3, -0.25) is 0 Å². The Hall–Kier alpha value is -3.26. The van der Waals surface area contributed by atoms with Crippen LogP contribution in [-0.4, -0.2) is 0 Å². The fourth-order valence-corrected chi connectivity index (χ4v) is 3.90. The lowest BCUT2D eigenvalue weighted by molar-refractivity contribution is 0.131. The zero-order valence-corrected chi connectivity index (χ0v) is 16.1.